The van der Waals surface area contributed by atoms with Gasteiger partial charge in [-0.05, 0) is 43.6 Å². The quantitative estimate of drug-likeness (QED) is 0.174. The van der Waals surface area contributed by atoms with E-state index in [4.69, 9.17) is 5.73 Å². The standard InChI is InChI=1S/C40H50N6O9/c41-37(52)29-13-7-8-22-42-38(53)31(24-26-14-16-28(17-15-26)36(51)27-11-5-2-6-12-27)45-40(55)32(23-25-9-3-1-4-10-25)46-39(54)30(18-21-35(49)50)44-34(48)20-19-33(47)43-29/h2,5-6,11-12,14-17,19-20,25,29-32H,1,3-4,7-10,13,18,21-24H2,(H2,41,52)(H,42,53)(H,43,47)(H,44,48)(H,45,55)(H,46,54)(H,49,50)/b20-19+/t29?,30?,31-,32+/m1/s1. The lowest BCUT2D eigenvalue weighted by Gasteiger charge is -2.29. The zero-order valence-electron chi connectivity index (χ0n) is 30.7. The van der Waals surface area contributed by atoms with Crippen molar-refractivity contribution in [3.05, 3.63) is 83.4 Å². The van der Waals surface area contributed by atoms with Crippen LogP contribution >= 0.6 is 0 Å². The third kappa shape index (κ3) is 13.8. The molecule has 1 saturated carbocycles. The van der Waals surface area contributed by atoms with Gasteiger partial charge in [0.15, 0.2) is 5.78 Å². The van der Waals surface area contributed by atoms with Crippen LogP contribution in [0.1, 0.15) is 92.1 Å². The van der Waals surface area contributed by atoms with E-state index in [1.807, 2.05) is 6.07 Å². The van der Waals surface area contributed by atoms with E-state index in [-0.39, 0.29) is 43.9 Å². The number of hydrogen-bond donors (Lipinski definition) is 7. The molecule has 2 unspecified atom stereocenters. The van der Waals surface area contributed by atoms with E-state index in [0.717, 1.165) is 44.3 Å². The van der Waals surface area contributed by atoms with Crippen molar-refractivity contribution in [3.8, 4) is 0 Å². The van der Waals surface area contributed by atoms with Gasteiger partial charge in [0.25, 0.3) is 0 Å². The number of carboxylic acids is 1. The van der Waals surface area contributed by atoms with Crippen LogP contribution in [-0.2, 0) is 40.0 Å². The molecule has 1 fully saturated rings. The molecule has 0 aromatic heterocycles. The molecule has 294 valence electrons. The minimum Gasteiger partial charge on any atom is -0.481 e. The Morgan fingerprint density at radius 1 is 0.655 bits per heavy atom. The van der Waals surface area contributed by atoms with Gasteiger partial charge in [-0.1, -0.05) is 86.7 Å². The molecule has 0 bridgehead atoms. The second-order valence-corrected chi connectivity index (χ2v) is 14.0. The molecule has 0 saturated heterocycles. The average Bonchev–Trinajstić information content (AvgIpc) is 3.17. The van der Waals surface area contributed by atoms with Crippen molar-refractivity contribution in [1.82, 2.24) is 26.6 Å². The maximum absolute atomic E-state index is 14.1. The van der Waals surface area contributed by atoms with Crippen molar-refractivity contribution in [1.29, 1.82) is 0 Å². The maximum atomic E-state index is 14.1. The first-order chi connectivity index (χ1) is 26.4. The highest BCUT2D eigenvalue weighted by molar-refractivity contribution is 6.09. The minimum absolute atomic E-state index is 0.0425. The summed E-state index contributed by atoms with van der Waals surface area (Å²) in [4.78, 5) is 103. The SMILES string of the molecule is NC(=O)C1CCCCNC(=O)[C@@H](Cc2ccc(C(=O)c3ccccc3)cc2)NC(=O)[C@H](CC2CCCCC2)NC(=O)C(CCC(=O)O)NC(=O)/C=C/C(=O)N1. The summed E-state index contributed by atoms with van der Waals surface area (Å²) in [6, 6.07) is 10.8. The zero-order valence-corrected chi connectivity index (χ0v) is 30.7. The van der Waals surface area contributed by atoms with Crippen molar-refractivity contribution in [2.24, 2.45) is 11.7 Å². The van der Waals surface area contributed by atoms with Crippen LogP contribution in [0.5, 0.6) is 0 Å². The Kier molecular flexibility index (Phi) is 16.1. The maximum Gasteiger partial charge on any atom is 0.303 e. The van der Waals surface area contributed by atoms with Crippen LogP contribution in [0.3, 0.4) is 0 Å². The van der Waals surface area contributed by atoms with E-state index in [1.165, 1.54) is 0 Å². The van der Waals surface area contributed by atoms with Gasteiger partial charge < -0.3 is 37.4 Å². The zero-order chi connectivity index (χ0) is 39.7. The molecule has 15 heteroatoms. The molecule has 2 aromatic carbocycles. The molecule has 1 heterocycles. The predicted molar refractivity (Wildman–Crippen MR) is 201 cm³/mol. The number of carboxylic acid groups (broad SMARTS) is 1. The van der Waals surface area contributed by atoms with Gasteiger partial charge in [0.2, 0.25) is 35.4 Å². The number of rotatable bonds is 10. The molecular formula is C40H50N6O9. The lowest BCUT2D eigenvalue weighted by molar-refractivity contribution is -0.138. The highest BCUT2D eigenvalue weighted by atomic mass is 16.4. The van der Waals surface area contributed by atoms with Crippen LogP contribution in [-0.4, -0.2) is 83.0 Å². The number of carbonyl (C=O) groups excluding carboxylic acids is 7. The summed E-state index contributed by atoms with van der Waals surface area (Å²) in [6.45, 7) is 0.169. The van der Waals surface area contributed by atoms with E-state index in [2.05, 4.69) is 26.6 Å². The van der Waals surface area contributed by atoms with Crippen LogP contribution in [0.25, 0.3) is 0 Å². The van der Waals surface area contributed by atoms with Crippen molar-refractivity contribution >= 4 is 47.2 Å². The fraction of sp³-hybridized carbons (Fsp3) is 0.450. The molecule has 0 radical (unpaired) electrons. The van der Waals surface area contributed by atoms with Gasteiger partial charge in [0, 0.05) is 42.7 Å². The molecule has 2 aromatic rings. The number of benzene rings is 2. The van der Waals surface area contributed by atoms with Crippen LogP contribution in [0, 0.1) is 5.92 Å². The second kappa shape index (κ2) is 21.1. The summed E-state index contributed by atoms with van der Waals surface area (Å²) >= 11 is 0. The number of nitrogens with one attached hydrogen (secondary N) is 5. The second-order valence-electron chi connectivity index (χ2n) is 14.0. The number of primary amides is 1. The van der Waals surface area contributed by atoms with Crippen molar-refractivity contribution in [2.75, 3.05) is 6.54 Å². The minimum atomic E-state index is -1.39. The van der Waals surface area contributed by atoms with E-state index in [1.54, 1.807) is 48.5 Å². The number of carbonyl (C=O) groups is 8. The summed E-state index contributed by atoms with van der Waals surface area (Å²) in [5, 5.41) is 22.6. The number of nitrogens with two attached hydrogens (primary N) is 1. The fourth-order valence-corrected chi connectivity index (χ4v) is 6.75. The van der Waals surface area contributed by atoms with E-state index < -0.39 is 72.0 Å². The van der Waals surface area contributed by atoms with Crippen molar-refractivity contribution in [3.63, 3.8) is 0 Å². The number of hydrogen-bond acceptors (Lipinski definition) is 8. The predicted octanol–water partition coefficient (Wildman–Crippen LogP) is 1.58. The van der Waals surface area contributed by atoms with Crippen molar-refractivity contribution < 1.29 is 43.5 Å². The molecule has 1 aliphatic carbocycles. The third-order valence-corrected chi connectivity index (χ3v) is 9.80. The summed E-state index contributed by atoms with van der Waals surface area (Å²) in [5.74, 6) is -5.73. The van der Waals surface area contributed by atoms with Gasteiger partial charge in [-0.3, -0.25) is 38.4 Å². The fourth-order valence-electron chi connectivity index (χ4n) is 6.75. The largest absolute Gasteiger partial charge is 0.481 e. The van der Waals surface area contributed by atoms with Gasteiger partial charge in [-0.25, -0.2) is 0 Å². The van der Waals surface area contributed by atoms with Gasteiger partial charge >= 0.3 is 5.97 Å². The van der Waals surface area contributed by atoms with E-state index in [0.29, 0.717) is 29.5 Å². The lowest BCUT2D eigenvalue weighted by atomic mass is 9.84. The highest BCUT2D eigenvalue weighted by Crippen LogP contribution is 2.27. The normalized spacial score (nSPS) is 23.2. The summed E-state index contributed by atoms with van der Waals surface area (Å²) in [7, 11) is 0. The van der Waals surface area contributed by atoms with E-state index >= 15 is 0 Å². The summed E-state index contributed by atoms with van der Waals surface area (Å²) in [6.07, 6.45) is 6.77. The first-order valence-corrected chi connectivity index (χ1v) is 18.8. The van der Waals surface area contributed by atoms with Gasteiger partial charge in [0.1, 0.15) is 24.2 Å². The molecule has 0 spiro atoms. The van der Waals surface area contributed by atoms with Gasteiger partial charge in [-0.2, -0.15) is 0 Å². The number of aliphatic carboxylic acids is 1. The molecule has 1 aliphatic heterocycles. The molecule has 2 aliphatic rings. The summed E-state index contributed by atoms with van der Waals surface area (Å²) in [5.41, 5.74) is 7.09. The Balaban J connectivity index is 1.62. The van der Waals surface area contributed by atoms with E-state index in [9.17, 15) is 43.5 Å². The molecular weight excluding hydrogens is 708 g/mol. The Morgan fingerprint density at radius 3 is 1.91 bits per heavy atom. The average molecular weight is 759 g/mol. The van der Waals surface area contributed by atoms with Crippen LogP contribution in [0.15, 0.2) is 66.7 Å². The van der Waals surface area contributed by atoms with Gasteiger partial charge in [0.05, 0.1) is 0 Å². The van der Waals surface area contributed by atoms with Crippen LogP contribution < -0.4 is 32.3 Å². The monoisotopic (exact) mass is 758 g/mol. The number of ketones is 1. The molecule has 6 amide bonds. The summed E-state index contributed by atoms with van der Waals surface area (Å²) < 4.78 is 0. The first-order valence-electron chi connectivity index (χ1n) is 18.8. The smallest absolute Gasteiger partial charge is 0.303 e. The molecule has 8 N–H and O–H groups in total. The Morgan fingerprint density at radius 2 is 1.25 bits per heavy atom. The molecule has 4 atom stereocenters. The highest BCUT2D eigenvalue weighted by Gasteiger charge is 2.32. The Hall–Kier alpha value is -5.86. The Labute approximate surface area is 319 Å². The van der Waals surface area contributed by atoms with Crippen molar-refractivity contribution in [2.45, 2.75) is 101 Å². The van der Waals surface area contributed by atoms with Crippen LogP contribution in [0.2, 0.25) is 0 Å². The molecule has 15 nitrogen and oxygen atoms in total. The van der Waals surface area contributed by atoms with Gasteiger partial charge in [-0.15, -0.1) is 0 Å². The number of amides is 6. The molecule has 55 heavy (non-hydrogen) atoms. The topological polar surface area (TPSA) is 243 Å². The first kappa shape index (κ1) is 41.9. The Bertz CT molecular complexity index is 1720. The van der Waals surface area contributed by atoms with Crippen LogP contribution in [0.4, 0.5) is 0 Å². The third-order valence-electron chi connectivity index (χ3n) is 9.80. The molecule has 4 rings (SSSR count). The lowest BCUT2D eigenvalue weighted by Crippen LogP contribution is -2.57.